The molecule has 0 aliphatic rings. The Labute approximate surface area is 121 Å². The van der Waals surface area contributed by atoms with Crippen molar-refractivity contribution in [3.8, 4) is 0 Å². The summed E-state index contributed by atoms with van der Waals surface area (Å²) < 4.78 is 5.96. The summed E-state index contributed by atoms with van der Waals surface area (Å²) in [6.07, 6.45) is 0. The predicted octanol–water partition coefficient (Wildman–Crippen LogP) is 5.53. The molecule has 0 fully saturated rings. The minimum atomic E-state index is 0.937. The van der Waals surface area contributed by atoms with E-state index >= 15 is 0 Å². The third kappa shape index (κ3) is 1.37. The first-order chi connectivity index (χ1) is 10.3. The van der Waals surface area contributed by atoms with Crippen molar-refractivity contribution in [2.45, 2.75) is 6.92 Å². The van der Waals surface area contributed by atoms with Crippen molar-refractivity contribution in [3.63, 3.8) is 0 Å². The number of aryl methyl sites for hydroxylation is 1. The molecule has 21 heavy (non-hydrogen) atoms. The summed E-state index contributed by atoms with van der Waals surface area (Å²) in [5.74, 6) is 0. The molecule has 0 aliphatic heterocycles. The lowest BCUT2D eigenvalue weighted by atomic mass is 10.1. The summed E-state index contributed by atoms with van der Waals surface area (Å²) in [5, 5.41) is 4.88. The minimum Gasteiger partial charge on any atom is -0.456 e. The van der Waals surface area contributed by atoms with Crippen LogP contribution in [0.4, 0.5) is 0 Å². The van der Waals surface area contributed by atoms with Gasteiger partial charge in [0.05, 0.1) is 10.9 Å². The van der Waals surface area contributed by atoms with Crippen molar-refractivity contribution < 1.29 is 4.42 Å². The predicted molar refractivity (Wildman–Crippen MR) is 87.8 cm³/mol. The third-order valence-electron chi connectivity index (χ3n) is 4.27. The molecule has 2 heteroatoms. The number of para-hydroxylation sites is 1. The number of H-pyrrole nitrogens is 1. The number of benzene rings is 3. The van der Waals surface area contributed by atoms with Crippen molar-refractivity contribution in [1.29, 1.82) is 0 Å². The molecular formula is C19H13NO. The molecule has 0 spiro atoms. The van der Waals surface area contributed by atoms with Crippen LogP contribution in [-0.4, -0.2) is 4.98 Å². The summed E-state index contributed by atoms with van der Waals surface area (Å²) >= 11 is 0. The molecular weight excluding hydrogens is 258 g/mol. The normalized spacial score (nSPS) is 12.0. The van der Waals surface area contributed by atoms with Crippen LogP contribution in [0, 0.1) is 6.92 Å². The number of aromatic nitrogens is 1. The third-order valence-corrected chi connectivity index (χ3v) is 4.27. The Hall–Kier alpha value is -2.74. The largest absolute Gasteiger partial charge is 0.456 e. The highest BCUT2D eigenvalue weighted by atomic mass is 16.3. The Morgan fingerprint density at radius 3 is 2.67 bits per heavy atom. The highest BCUT2D eigenvalue weighted by Crippen LogP contribution is 2.37. The van der Waals surface area contributed by atoms with E-state index in [0.717, 1.165) is 16.7 Å². The van der Waals surface area contributed by atoms with E-state index in [4.69, 9.17) is 4.42 Å². The second kappa shape index (κ2) is 3.67. The summed E-state index contributed by atoms with van der Waals surface area (Å²) in [6.45, 7) is 2.13. The maximum absolute atomic E-state index is 5.96. The summed E-state index contributed by atoms with van der Waals surface area (Å²) in [7, 11) is 0. The van der Waals surface area contributed by atoms with Crippen LogP contribution in [-0.2, 0) is 0 Å². The van der Waals surface area contributed by atoms with Crippen LogP contribution in [0.25, 0.3) is 43.7 Å². The highest BCUT2D eigenvalue weighted by molar-refractivity contribution is 6.23. The van der Waals surface area contributed by atoms with Gasteiger partial charge in [0.25, 0.3) is 0 Å². The standard InChI is InChI=1S/C19H13NO/c1-11-6-8-15-14(10-11)12-7-9-17-18(19(12)20-15)13-4-2-3-5-16(13)21-17/h2-10,20H,1H3. The molecule has 0 radical (unpaired) electrons. The summed E-state index contributed by atoms with van der Waals surface area (Å²) in [5.41, 5.74) is 5.49. The summed E-state index contributed by atoms with van der Waals surface area (Å²) in [6, 6.07) is 19.0. The van der Waals surface area contributed by atoms with E-state index in [0.29, 0.717) is 0 Å². The molecule has 3 aromatic carbocycles. The fraction of sp³-hybridized carbons (Fsp3) is 0.0526. The number of aromatic amines is 1. The van der Waals surface area contributed by atoms with Crippen LogP contribution in [0.3, 0.4) is 0 Å². The van der Waals surface area contributed by atoms with E-state index in [2.05, 4.69) is 54.4 Å². The van der Waals surface area contributed by atoms with Gasteiger partial charge in [-0.2, -0.15) is 0 Å². The van der Waals surface area contributed by atoms with Gasteiger partial charge in [-0.05, 0) is 37.3 Å². The minimum absolute atomic E-state index is 0.937. The van der Waals surface area contributed by atoms with E-state index in [9.17, 15) is 0 Å². The molecule has 2 aromatic heterocycles. The molecule has 0 bridgehead atoms. The first-order valence-corrected chi connectivity index (χ1v) is 7.13. The quantitative estimate of drug-likeness (QED) is 0.394. The molecule has 5 rings (SSSR count). The van der Waals surface area contributed by atoms with Crippen molar-refractivity contribution >= 4 is 43.7 Å². The Kier molecular flexibility index (Phi) is 1.92. The maximum atomic E-state index is 5.96. The van der Waals surface area contributed by atoms with Crippen LogP contribution in [0.1, 0.15) is 5.56 Å². The van der Waals surface area contributed by atoms with Crippen LogP contribution in [0.15, 0.2) is 59.0 Å². The lowest BCUT2D eigenvalue weighted by Crippen LogP contribution is -1.71. The Morgan fingerprint density at radius 1 is 0.810 bits per heavy atom. The van der Waals surface area contributed by atoms with Gasteiger partial charge in [0, 0.05) is 21.7 Å². The lowest BCUT2D eigenvalue weighted by Gasteiger charge is -1.94. The molecule has 100 valence electrons. The fourth-order valence-electron chi connectivity index (χ4n) is 3.30. The maximum Gasteiger partial charge on any atom is 0.137 e. The Bertz CT molecular complexity index is 1140. The van der Waals surface area contributed by atoms with Crippen molar-refractivity contribution in [3.05, 3.63) is 60.2 Å². The average molecular weight is 271 g/mol. The zero-order chi connectivity index (χ0) is 14.0. The molecule has 0 amide bonds. The molecule has 1 N–H and O–H groups in total. The van der Waals surface area contributed by atoms with E-state index in [1.54, 1.807) is 0 Å². The number of nitrogens with one attached hydrogen (secondary N) is 1. The second-order valence-electron chi connectivity index (χ2n) is 5.63. The van der Waals surface area contributed by atoms with Crippen LogP contribution >= 0.6 is 0 Å². The van der Waals surface area contributed by atoms with Gasteiger partial charge >= 0.3 is 0 Å². The molecule has 0 unspecified atom stereocenters. The van der Waals surface area contributed by atoms with E-state index in [-0.39, 0.29) is 0 Å². The van der Waals surface area contributed by atoms with E-state index in [1.165, 1.54) is 32.6 Å². The van der Waals surface area contributed by atoms with Gasteiger partial charge < -0.3 is 9.40 Å². The fourth-order valence-corrected chi connectivity index (χ4v) is 3.30. The average Bonchev–Trinajstić information content (AvgIpc) is 3.04. The van der Waals surface area contributed by atoms with Crippen molar-refractivity contribution in [2.24, 2.45) is 0 Å². The summed E-state index contributed by atoms with van der Waals surface area (Å²) in [4.78, 5) is 3.57. The Balaban J connectivity index is 2.10. The molecule has 2 nitrogen and oxygen atoms in total. The molecule has 0 saturated heterocycles. The zero-order valence-electron chi connectivity index (χ0n) is 11.6. The van der Waals surface area contributed by atoms with Crippen molar-refractivity contribution in [1.82, 2.24) is 4.98 Å². The number of hydrogen-bond acceptors (Lipinski definition) is 1. The smallest absolute Gasteiger partial charge is 0.137 e. The lowest BCUT2D eigenvalue weighted by molar-refractivity contribution is 0.669. The molecule has 0 saturated carbocycles. The number of furan rings is 1. The zero-order valence-corrected chi connectivity index (χ0v) is 11.6. The van der Waals surface area contributed by atoms with Crippen LogP contribution in [0.5, 0.6) is 0 Å². The van der Waals surface area contributed by atoms with Gasteiger partial charge in [-0.25, -0.2) is 0 Å². The highest BCUT2D eigenvalue weighted by Gasteiger charge is 2.13. The SMILES string of the molecule is Cc1ccc2[nH]c3c(ccc4oc5ccccc5c43)c2c1. The van der Waals surface area contributed by atoms with Gasteiger partial charge in [-0.15, -0.1) is 0 Å². The van der Waals surface area contributed by atoms with Gasteiger partial charge in [0.15, 0.2) is 0 Å². The van der Waals surface area contributed by atoms with E-state index in [1.807, 2.05) is 12.1 Å². The Morgan fingerprint density at radius 2 is 1.71 bits per heavy atom. The van der Waals surface area contributed by atoms with Gasteiger partial charge in [0.2, 0.25) is 0 Å². The monoisotopic (exact) mass is 271 g/mol. The molecule has 5 aromatic rings. The number of fused-ring (bicyclic) bond motifs is 7. The van der Waals surface area contributed by atoms with Gasteiger partial charge in [-0.3, -0.25) is 0 Å². The number of rotatable bonds is 0. The number of hydrogen-bond donors (Lipinski definition) is 1. The van der Waals surface area contributed by atoms with Gasteiger partial charge in [-0.1, -0.05) is 29.8 Å². The first kappa shape index (κ1) is 11.0. The first-order valence-electron chi connectivity index (χ1n) is 7.13. The molecule has 0 aliphatic carbocycles. The van der Waals surface area contributed by atoms with Crippen molar-refractivity contribution in [2.75, 3.05) is 0 Å². The van der Waals surface area contributed by atoms with Crippen LogP contribution < -0.4 is 0 Å². The molecule has 0 atom stereocenters. The van der Waals surface area contributed by atoms with E-state index < -0.39 is 0 Å². The molecule has 2 heterocycles. The topological polar surface area (TPSA) is 28.9 Å². The van der Waals surface area contributed by atoms with Crippen LogP contribution in [0.2, 0.25) is 0 Å². The second-order valence-corrected chi connectivity index (χ2v) is 5.63. The van der Waals surface area contributed by atoms with Gasteiger partial charge in [0.1, 0.15) is 11.2 Å².